The van der Waals surface area contributed by atoms with E-state index in [-0.39, 0.29) is 42.5 Å². The van der Waals surface area contributed by atoms with Crippen LogP contribution in [0.25, 0.3) is 0 Å². The summed E-state index contributed by atoms with van der Waals surface area (Å²) < 4.78 is 81.0. The van der Waals surface area contributed by atoms with E-state index in [1.54, 1.807) is 0 Å². The molecule has 31 heavy (non-hydrogen) atoms. The largest absolute Gasteiger partial charge is 0.491 e. The summed E-state index contributed by atoms with van der Waals surface area (Å²) in [6.45, 7) is -1.19. The van der Waals surface area contributed by atoms with Crippen molar-refractivity contribution in [3.8, 4) is 11.6 Å². The minimum atomic E-state index is -4.42. The Morgan fingerprint density at radius 2 is 2.13 bits per heavy atom. The molecule has 2 aliphatic heterocycles. The van der Waals surface area contributed by atoms with Crippen molar-refractivity contribution in [2.45, 2.75) is 37.7 Å². The number of carbonyl (C=O) groups is 1. The molecule has 4 rings (SSSR count). The standard InChI is InChI=1S/C19H18F5N3O4/c20-13-1-2-15-12(17(13)21)5-10(7-30-15)25-18(28)14-6-16-27(26-14)4-3-11(31-16)8-29-9-19(22,23)24/h1-2,6,10-11H,3-5,7-9H2,(H,25,28). The first kappa shape index (κ1) is 21.3. The Morgan fingerprint density at radius 3 is 2.90 bits per heavy atom. The number of halogens is 5. The lowest BCUT2D eigenvalue weighted by atomic mass is 10.0. The first-order valence-electron chi connectivity index (χ1n) is 9.49. The zero-order valence-electron chi connectivity index (χ0n) is 16.0. The van der Waals surface area contributed by atoms with Crippen LogP contribution < -0.4 is 14.8 Å². The zero-order chi connectivity index (χ0) is 22.2. The van der Waals surface area contributed by atoms with Crippen LogP contribution in [0.15, 0.2) is 18.2 Å². The SMILES string of the molecule is O=C(NC1COc2ccc(F)c(F)c2C1)c1cc2n(n1)CCC(COCC(F)(F)F)O2. The molecule has 0 saturated carbocycles. The number of nitrogens with one attached hydrogen (secondary N) is 1. The van der Waals surface area contributed by atoms with Crippen LogP contribution in [-0.2, 0) is 17.7 Å². The second-order valence-electron chi connectivity index (χ2n) is 7.27. The van der Waals surface area contributed by atoms with Gasteiger partial charge in [0.25, 0.3) is 5.91 Å². The van der Waals surface area contributed by atoms with Gasteiger partial charge in [0, 0.05) is 31.0 Å². The third-order valence-electron chi connectivity index (χ3n) is 4.87. The fourth-order valence-corrected chi connectivity index (χ4v) is 3.43. The maximum atomic E-state index is 14.0. The monoisotopic (exact) mass is 447 g/mol. The van der Waals surface area contributed by atoms with Crippen LogP contribution in [-0.4, -0.2) is 53.8 Å². The highest BCUT2D eigenvalue weighted by Crippen LogP contribution is 2.29. The van der Waals surface area contributed by atoms with Gasteiger partial charge in [-0.15, -0.1) is 0 Å². The van der Waals surface area contributed by atoms with E-state index >= 15 is 0 Å². The highest BCUT2D eigenvalue weighted by atomic mass is 19.4. The Balaban J connectivity index is 1.35. The molecule has 12 heteroatoms. The number of hydrogen-bond donors (Lipinski definition) is 1. The van der Waals surface area contributed by atoms with Gasteiger partial charge in [0.05, 0.1) is 12.6 Å². The molecule has 2 aliphatic rings. The molecule has 1 aromatic heterocycles. The molecule has 2 unspecified atom stereocenters. The van der Waals surface area contributed by atoms with E-state index < -0.39 is 42.5 Å². The van der Waals surface area contributed by atoms with Crippen LogP contribution in [0.3, 0.4) is 0 Å². The molecule has 3 heterocycles. The van der Waals surface area contributed by atoms with E-state index in [1.165, 1.54) is 16.8 Å². The molecule has 168 valence electrons. The van der Waals surface area contributed by atoms with E-state index in [0.29, 0.717) is 13.0 Å². The van der Waals surface area contributed by atoms with E-state index in [1.807, 2.05) is 0 Å². The lowest BCUT2D eigenvalue weighted by molar-refractivity contribution is -0.179. The maximum absolute atomic E-state index is 14.0. The fourth-order valence-electron chi connectivity index (χ4n) is 3.43. The molecule has 7 nitrogen and oxygen atoms in total. The Morgan fingerprint density at radius 1 is 1.32 bits per heavy atom. The lowest BCUT2D eigenvalue weighted by Gasteiger charge is -2.26. The quantitative estimate of drug-likeness (QED) is 0.714. The number of nitrogens with zero attached hydrogens (tertiary/aromatic N) is 2. The normalized spacial score (nSPS) is 20.3. The molecular weight excluding hydrogens is 429 g/mol. The predicted molar refractivity (Wildman–Crippen MR) is 94.9 cm³/mol. The molecule has 0 saturated heterocycles. The van der Waals surface area contributed by atoms with Crippen molar-refractivity contribution < 1.29 is 41.0 Å². The summed E-state index contributed by atoms with van der Waals surface area (Å²) in [6.07, 6.45) is -4.60. The molecule has 1 N–H and O–H groups in total. The van der Waals surface area contributed by atoms with Crippen molar-refractivity contribution in [1.29, 1.82) is 0 Å². The van der Waals surface area contributed by atoms with Gasteiger partial charge in [-0.05, 0) is 12.1 Å². The summed E-state index contributed by atoms with van der Waals surface area (Å²) >= 11 is 0. The first-order chi connectivity index (χ1) is 14.7. The van der Waals surface area contributed by atoms with Crippen molar-refractivity contribution in [2.75, 3.05) is 19.8 Å². The molecule has 0 fully saturated rings. The van der Waals surface area contributed by atoms with E-state index in [2.05, 4.69) is 15.2 Å². The third kappa shape index (κ3) is 4.89. The fraction of sp³-hybridized carbons (Fsp3) is 0.474. The molecule has 1 amide bonds. The van der Waals surface area contributed by atoms with Crippen molar-refractivity contribution in [2.24, 2.45) is 0 Å². The van der Waals surface area contributed by atoms with Crippen LogP contribution in [0, 0.1) is 11.6 Å². The number of aromatic nitrogens is 2. The molecule has 0 radical (unpaired) electrons. The van der Waals surface area contributed by atoms with E-state index in [4.69, 9.17) is 9.47 Å². The summed E-state index contributed by atoms with van der Waals surface area (Å²) in [5.74, 6) is -2.11. The van der Waals surface area contributed by atoms with E-state index in [9.17, 15) is 26.7 Å². The Labute approximate surface area is 173 Å². The minimum Gasteiger partial charge on any atom is -0.491 e. The molecule has 0 aliphatic carbocycles. The van der Waals surface area contributed by atoms with Gasteiger partial charge in [-0.2, -0.15) is 18.3 Å². The van der Waals surface area contributed by atoms with Gasteiger partial charge in [0.15, 0.2) is 17.3 Å². The highest BCUT2D eigenvalue weighted by molar-refractivity contribution is 5.92. The average Bonchev–Trinajstić information content (AvgIpc) is 3.14. The molecule has 2 atom stereocenters. The predicted octanol–water partition coefficient (Wildman–Crippen LogP) is 2.62. The second kappa shape index (κ2) is 8.33. The van der Waals surface area contributed by atoms with Crippen molar-refractivity contribution in [3.63, 3.8) is 0 Å². The topological polar surface area (TPSA) is 74.6 Å². The van der Waals surface area contributed by atoms with Crippen LogP contribution in [0.5, 0.6) is 11.6 Å². The van der Waals surface area contributed by atoms with Crippen molar-refractivity contribution in [3.05, 3.63) is 41.1 Å². The van der Waals surface area contributed by atoms with E-state index in [0.717, 1.165) is 6.07 Å². The van der Waals surface area contributed by atoms with Crippen LogP contribution >= 0.6 is 0 Å². The maximum Gasteiger partial charge on any atom is 0.411 e. The van der Waals surface area contributed by atoms with Crippen LogP contribution in [0.2, 0.25) is 0 Å². The van der Waals surface area contributed by atoms with Gasteiger partial charge < -0.3 is 19.5 Å². The number of ether oxygens (including phenoxy) is 3. The number of carbonyl (C=O) groups excluding carboxylic acids is 1. The zero-order valence-corrected chi connectivity index (χ0v) is 16.0. The number of alkyl halides is 3. The summed E-state index contributed by atoms with van der Waals surface area (Å²) in [5, 5.41) is 6.79. The second-order valence-corrected chi connectivity index (χ2v) is 7.27. The smallest absolute Gasteiger partial charge is 0.411 e. The number of hydrogen-bond acceptors (Lipinski definition) is 5. The number of rotatable bonds is 5. The summed E-state index contributed by atoms with van der Waals surface area (Å²) in [5.41, 5.74) is 0.0723. The number of amides is 1. The molecule has 0 spiro atoms. The van der Waals surface area contributed by atoms with Crippen LogP contribution in [0.4, 0.5) is 22.0 Å². The molecule has 0 bridgehead atoms. The molecule has 2 aromatic rings. The first-order valence-corrected chi connectivity index (χ1v) is 9.49. The van der Waals surface area contributed by atoms with Crippen LogP contribution in [0.1, 0.15) is 22.5 Å². The average molecular weight is 447 g/mol. The number of aryl methyl sites for hydroxylation is 1. The lowest BCUT2D eigenvalue weighted by Crippen LogP contribution is -2.43. The van der Waals surface area contributed by atoms with Gasteiger partial charge in [-0.1, -0.05) is 0 Å². The summed E-state index contributed by atoms with van der Waals surface area (Å²) in [7, 11) is 0. The van der Waals surface area contributed by atoms with Gasteiger partial charge in [-0.3, -0.25) is 4.79 Å². The third-order valence-corrected chi connectivity index (χ3v) is 4.87. The minimum absolute atomic E-state index is 0.0253. The van der Waals surface area contributed by atoms with Crippen molar-refractivity contribution >= 4 is 5.91 Å². The van der Waals surface area contributed by atoms with Gasteiger partial charge in [0.1, 0.15) is 25.1 Å². The van der Waals surface area contributed by atoms with Gasteiger partial charge >= 0.3 is 6.18 Å². The number of benzene rings is 1. The van der Waals surface area contributed by atoms with Crippen molar-refractivity contribution in [1.82, 2.24) is 15.1 Å². The number of fused-ring (bicyclic) bond motifs is 2. The molecular formula is C19H18F5N3O4. The Bertz CT molecular complexity index is 978. The Hall–Kier alpha value is -2.89. The van der Waals surface area contributed by atoms with Gasteiger partial charge in [-0.25, -0.2) is 13.5 Å². The summed E-state index contributed by atoms with van der Waals surface area (Å²) in [6, 6.07) is 3.08. The molecule has 1 aromatic carbocycles. The summed E-state index contributed by atoms with van der Waals surface area (Å²) in [4.78, 5) is 12.5. The Kier molecular flexibility index (Phi) is 5.73. The highest BCUT2D eigenvalue weighted by Gasteiger charge is 2.30. The van der Waals surface area contributed by atoms with Gasteiger partial charge in [0.2, 0.25) is 5.88 Å².